The van der Waals surface area contributed by atoms with E-state index in [1.807, 2.05) is 12.1 Å². The van der Waals surface area contributed by atoms with Crippen LogP contribution in [0.5, 0.6) is 0 Å². The van der Waals surface area contributed by atoms with Crippen LogP contribution >= 0.6 is 0 Å². The van der Waals surface area contributed by atoms with E-state index < -0.39 is 0 Å². The third-order valence-electron chi connectivity index (χ3n) is 5.24. The summed E-state index contributed by atoms with van der Waals surface area (Å²) >= 11 is 0. The number of carbonyl (C=O) groups excluding carboxylic acids is 1. The Morgan fingerprint density at radius 1 is 1.04 bits per heavy atom. The fourth-order valence-electron chi connectivity index (χ4n) is 3.83. The number of carbonyl (C=O) groups is 1. The van der Waals surface area contributed by atoms with Crippen LogP contribution in [-0.2, 0) is 11.3 Å². The summed E-state index contributed by atoms with van der Waals surface area (Å²) in [5.41, 5.74) is 2.63. The molecular weight excluding hydrogens is 296 g/mol. The molecule has 4 rings (SSSR count). The molecule has 24 heavy (non-hydrogen) atoms. The van der Waals surface area contributed by atoms with E-state index in [4.69, 9.17) is 0 Å². The zero-order chi connectivity index (χ0) is 16.4. The molecule has 1 saturated heterocycles. The van der Waals surface area contributed by atoms with E-state index in [1.54, 1.807) is 0 Å². The van der Waals surface area contributed by atoms with Gasteiger partial charge in [0.2, 0.25) is 5.91 Å². The van der Waals surface area contributed by atoms with Crippen LogP contribution in [0.1, 0.15) is 36.3 Å². The molecule has 0 spiro atoms. The monoisotopic (exact) mass is 320 g/mol. The lowest BCUT2D eigenvalue weighted by Gasteiger charge is -2.23. The second kappa shape index (κ2) is 6.78. The maximum Gasteiger partial charge on any atom is 0.237 e. The number of nitrogens with one attached hydrogen (secondary N) is 1. The van der Waals surface area contributed by atoms with Crippen LogP contribution < -0.4 is 5.32 Å². The molecule has 2 aromatic rings. The zero-order valence-corrected chi connectivity index (χ0v) is 13.9. The Hall–Kier alpha value is -2.13. The molecule has 0 aromatic heterocycles. The third kappa shape index (κ3) is 3.36. The van der Waals surface area contributed by atoms with Gasteiger partial charge in [0.25, 0.3) is 0 Å². The van der Waals surface area contributed by atoms with Crippen molar-refractivity contribution in [2.45, 2.75) is 43.8 Å². The van der Waals surface area contributed by atoms with Gasteiger partial charge in [-0.15, -0.1) is 0 Å². The summed E-state index contributed by atoms with van der Waals surface area (Å²) in [6, 6.07) is 21.3. The normalized spacial score (nSPS) is 26.2. The van der Waals surface area contributed by atoms with Gasteiger partial charge in [-0.1, -0.05) is 60.7 Å². The Kier molecular flexibility index (Phi) is 4.35. The zero-order valence-electron chi connectivity index (χ0n) is 13.9. The number of nitrogens with zero attached hydrogens (tertiary/aromatic N) is 1. The van der Waals surface area contributed by atoms with Gasteiger partial charge in [0.1, 0.15) is 0 Å². The van der Waals surface area contributed by atoms with E-state index in [9.17, 15) is 4.79 Å². The van der Waals surface area contributed by atoms with Gasteiger partial charge in [0, 0.05) is 18.5 Å². The Morgan fingerprint density at radius 2 is 1.75 bits per heavy atom. The minimum absolute atomic E-state index is 0.0298. The van der Waals surface area contributed by atoms with Crippen molar-refractivity contribution >= 4 is 5.91 Å². The first-order chi connectivity index (χ1) is 11.8. The van der Waals surface area contributed by atoms with Crippen molar-refractivity contribution in [2.75, 3.05) is 6.54 Å². The predicted octanol–water partition coefficient (Wildman–Crippen LogP) is 3.32. The largest absolute Gasteiger partial charge is 0.351 e. The maximum absolute atomic E-state index is 12.7. The van der Waals surface area contributed by atoms with Crippen LogP contribution in [-0.4, -0.2) is 29.4 Å². The Labute approximate surface area is 143 Å². The fraction of sp³-hybridized carbons (Fsp3) is 0.381. The summed E-state index contributed by atoms with van der Waals surface area (Å²) in [6.45, 7) is 1.88. The molecule has 0 bridgehead atoms. The number of rotatable bonds is 5. The average Bonchev–Trinajstić information content (AvgIpc) is 3.23. The standard InChI is InChI=1S/C21H24N2O/c24-21(22-19-14-18(19)17-10-5-2-6-11-17)20-12-7-13-23(20)15-16-8-3-1-4-9-16/h1-6,8-11,18-20H,7,12-15H2,(H,22,24). The lowest BCUT2D eigenvalue weighted by molar-refractivity contribution is -0.125. The van der Waals surface area contributed by atoms with Gasteiger partial charge >= 0.3 is 0 Å². The number of likely N-dealkylation sites (tertiary alicyclic amines) is 1. The van der Waals surface area contributed by atoms with E-state index >= 15 is 0 Å². The van der Waals surface area contributed by atoms with E-state index in [0.717, 1.165) is 32.4 Å². The molecule has 2 fully saturated rings. The highest BCUT2D eigenvalue weighted by molar-refractivity contribution is 5.82. The van der Waals surface area contributed by atoms with Gasteiger partial charge in [0.15, 0.2) is 0 Å². The lowest BCUT2D eigenvalue weighted by Crippen LogP contribution is -2.43. The first-order valence-corrected chi connectivity index (χ1v) is 8.94. The molecule has 1 heterocycles. The molecule has 1 amide bonds. The molecule has 3 unspecified atom stereocenters. The fourth-order valence-corrected chi connectivity index (χ4v) is 3.83. The highest BCUT2D eigenvalue weighted by Crippen LogP contribution is 2.40. The van der Waals surface area contributed by atoms with Crippen LogP contribution in [0.15, 0.2) is 60.7 Å². The highest BCUT2D eigenvalue weighted by Gasteiger charge is 2.41. The molecule has 3 atom stereocenters. The molecule has 124 valence electrons. The molecule has 2 aromatic carbocycles. The summed E-state index contributed by atoms with van der Waals surface area (Å²) in [7, 11) is 0. The van der Waals surface area contributed by atoms with Crippen LogP contribution in [0, 0.1) is 0 Å². The van der Waals surface area contributed by atoms with E-state index in [1.165, 1.54) is 11.1 Å². The summed E-state index contributed by atoms with van der Waals surface area (Å²) in [4.78, 5) is 15.0. The summed E-state index contributed by atoms with van der Waals surface area (Å²) in [5.74, 6) is 0.714. The molecule has 1 aliphatic heterocycles. The summed E-state index contributed by atoms with van der Waals surface area (Å²) in [5, 5.41) is 3.28. The van der Waals surface area contributed by atoms with Crippen molar-refractivity contribution in [1.82, 2.24) is 10.2 Å². The van der Waals surface area contributed by atoms with E-state index in [0.29, 0.717) is 12.0 Å². The SMILES string of the molecule is O=C(NC1CC1c1ccccc1)C1CCCN1Cc1ccccc1. The maximum atomic E-state index is 12.7. The van der Waals surface area contributed by atoms with Crippen molar-refractivity contribution < 1.29 is 4.79 Å². The third-order valence-corrected chi connectivity index (χ3v) is 5.24. The van der Waals surface area contributed by atoms with Crippen molar-refractivity contribution in [2.24, 2.45) is 0 Å². The lowest BCUT2D eigenvalue weighted by atomic mass is 10.1. The molecule has 3 nitrogen and oxygen atoms in total. The Morgan fingerprint density at radius 3 is 2.50 bits per heavy atom. The second-order valence-corrected chi connectivity index (χ2v) is 6.98. The quantitative estimate of drug-likeness (QED) is 0.916. The average molecular weight is 320 g/mol. The number of hydrogen-bond acceptors (Lipinski definition) is 2. The molecule has 1 saturated carbocycles. The van der Waals surface area contributed by atoms with E-state index in [-0.39, 0.29) is 11.9 Å². The van der Waals surface area contributed by atoms with Crippen LogP contribution in [0.2, 0.25) is 0 Å². The van der Waals surface area contributed by atoms with Crippen molar-refractivity contribution in [3.63, 3.8) is 0 Å². The number of benzene rings is 2. The first kappa shape index (κ1) is 15.4. The minimum Gasteiger partial charge on any atom is -0.351 e. The molecule has 1 N–H and O–H groups in total. The summed E-state index contributed by atoms with van der Waals surface area (Å²) in [6.07, 6.45) is 3.15. The van der Waals surface area contributed by atoms with E-state index in [2.05, 4.69) is 58.7 Å². The molecule has 2 aliphatic rings. The topological polar surface area (TPSA) is 32.3 Å². The van der Waals surface area contributed by atoms with Gasteiger partial charge in [-0.3, -0.25) is 9.69 Å². The van der Waals surface area contributed by atoms with Crippen LogP contribution in [0.4, 0.5) is 0 Å². The van der Waals surface area contributed by atoms with Gasteiger partial charge in [-0.05, 0) is 36.9 Å². The van der Waals surface area contributed by atoms with Gasteiger partial charge in [-0.25, -0.2) is 0 Å². The number of amides is 1. The Bertz CT molecular complexity index is 685. The predicted molar refractivity (Wildman–Crippen MR) is 95.6 cm³/mol. The smallest absolute Gasteiger partial charge is 0.237 e. The van der Waals surface area contributed by atoms with Crippen LogP contribution in [0.25, 0.3) is 0 Å². The van der Waals surface area contributed by atoms with Gasteiger partial charge < -0.3 is 5.32 Å². The van der Waals surface area contributed by atoms with Crippen molar-refractivity contribution in [3.05, 3.63) is 71.8 Å². The molecular formula is C21H24N2O. The Balaban J connectivity index is 1.34. The molecule has 1 aliphatic carbocycles. The summed E-state index contributed by atoms with van der Waals surface area (Å²) < 4.78 is 0. The minimum atomic E-state index is 0.0298. The van der Waals surface area contributed by atoms with Crippen LogP contribution in [0.3, 0.4) is 0 Å². The van der Waals surface area contributed by atoms with Gasteiger partial charge in [-0.2, -0.15) is 0 Å². The highest BCUT2D eigenvalue weighted by atomic mass is 16.2. The van der Waals surface area contributed by atoms with Crippen molar-refractivity contribution in [3.8, 4) is 0 Å². The van der Waals surface area contributed by atoms with Gasteiger partial charge in [0.05, 0.1) is 6.04 Å². The first-order valence-electron chi connectivity index (χ1n) is 8.94. The molecule has 0 radical (unpaired) electrons. The molecule has 3 heteroatoms. The van der Waals surface area contributed by atoms with Crippen molar-refractivity contribution in [1.29, 1.82) is 0 Å². The second-order valence-electron chi connectivity index (χ2n) is 6.98. The number of hydrogen-bond donors (Lipinski definition) is 1.